The molecule has 1 N–H and O–H groups in total. The van der Waals surface area contributed by atoms with Crippen LogP contribution in [0.2, 0.25) is 0 Å². The molecule has 1 saturated heterocycles. The average Bonchev–Trinajstić information content (AvgIpc) is 2.41. The van der Waals surface area contributed by atoms with E-state index in [1.54, 1.807) is 16.7 Å². The number of rotatable bonds is 4. The number of aliphatic hydroxyl groups excluding tert-OH is 1. The fourth-order valence-corrected chi connectivity index (χ4v) is 3.23. The van der Waals surface area contributed by atoms with E-state index in [1.807, 2.05) is 24.3 Å². The number of thioether (sulfide) groups is 1. The van der Waals surface area contributed by atoms with Crippen molar-refractivity contribution in [1.82, 2.24) is 4.90 Å². The molecular formula is C14H18BrNO2S. The Balaban J connectivity index is 1.73. The number of benzene rings is 1. The summed E-state index contributed by atoms with van der Waals surface area (Å²) in [5, 5.41) is 9.55. The van der Waals surface area contributed by atoms with Gasteiger partial charge in [0.25, 0.3) is 0 Å². The molecule has 5 heteroatoms. The van der Waals surface area contributed by atoms with E-state index in [1.165, 1.54) is 4.90 Å². The lowest BCUT2D eigenvalue weighted by Crippen LogP contribution is -2.42. The lowest BCUT2D eigenvalue weighted by atomic mass is 10.1. The molecule has 1 aromatic rings. The Hall–Kier alpha value is -0.520. The maximum Gasteiger partial charge on any atom is 0.223 e. The average molecular weight is 344 g/mol. The zero-order valence-corrected chi connectivity index (χ0v) is 13.1. The quantitative estimate of drug-likeness (QED) is 0.854. The van der Waals surface area contributed by atoms with Crippen molar-refractivity contribution in [2.24, 2.45) is 0 Å². The Bertz CT molecular complexity index is 424. The van der Waals surface area contributed by atoms with Gasteiger partial charge in [0, 0.05) is 34.6 Å². The highest BCUT2D eigenvalue weighted by atomic mass is 79.9. The molecule has 104 valence electrons. The van der Waals surface area contributed by atoms with Crippen LogP contribution in [0.25, 0.3) is 0 Å². The Kier molecular flexibility index (Phi) is 5.73. The Morgan fingerprint density at radius 1 is 1.42 bits per heavy atom. The van der Waals surface area contributed by atoms with E-state index in [2.05, 4.69) is 15.9 Å². The van der Waals surface area contributed by atoms with Gasteiger partial charge in [-0.05, 0) is 37.1 Å². The Labute approximate surface area is 126 Å². The van der Waals surface area contributed by atoms with Crippen LogP contribution in [0.3, 0.4) is 0 Å². The van der Waals surface area contributed by atoms with Crippen LogP contribution >= 0.6 is 27.7 Å². The maximum absolute atomic E-state index is 12.0. The normalized spacial score (nSPS) is 19.5. The smallest absolute Gasteiger partial charge is 0.223 e. The summed E-state index contributed by atoms with van der Waals surface area (Å²) >= 11 is 5.09. The summed E-state index contributed by atoms with van der Waals surface area (Å²) in [6, 6.07) is 8.10. The minimum Gasteiger partial charge on any atom is -0.391 e. The Morgan fingerprint density at radius 2 is 2.16 bits per heavy atom. The lowest BCUT2D eigenvalue weighted by molar-refractivity contribution is -0.133. The van der Waals surface area contributed by atoms with Crippen LogP contribution in [0.4, 0.5) is 0 Å². The van der Waals surface area contributed by atoms with E-state index in [0.29, 0.717) is 13.0 Å². The fraction of sp³-hybridized carbons (Fsp3) is 0.500. The second kappa shape index (κ2) is 7.31. The molecule has 0 radical (unpaired) electrons. The number of carbonyl (C=O) groups excluding carboxylic acids is 1. The minimum atomic E-state index is -0.336. The number of carbonyl (C=O) groups is 1. The number of hydrogen-bond donors (Lipinski definition) is 1. The number of β-amino-alcohol motifs (C(OH)–C–C–N with tert-alkyl or cyclic N) is 1. The van der Waals surface area contributed by atoms with Gasteiger partial charge in [-0.1, -0.05) is 15.9 Å². The minimum absolute atomic E-state index is 0.156. The second-order valence-electron chi connectivity index (χ2n) is 4.69. The molecule has 1 unspecified atom stereocenters. The topological polar surface area (TPSA) is 40.5 Å². The van der Waals surface area contributed by atoms with Crippen molar-refractivity contribution in [2.75, 3.05) is 18.8 Å². The lowest BCUT2D eigenvalue weighted by Gasteiger charge is -2.30. The standard InChI is InChI=1S/C14H18BrNO2S/c15-11-3-5-13(6-4-11)19-9-7-14(18)16-8-1-2-12(17)10-16/h3-6,12,17H,1-2,7-10H2. The van der Waals surface area contributed by atoms with Gasteiger partial charge < -0.3 is 10.0 Å². The van der Waals surface area contributed by atoms with Gasteiger partial charge in [-0.3, -0.25) is 4.79 Å². The molecule has 1 aliphatic heterocycles. The van der Waals surface area contributed by atoms with E-state index in [9.17, 15) is 9.90 Å². The molecule has 0 aliphatic carbocycles. The SMILES string of the molecule is O=C(CCSc1ccc(Br)cc1)N1CCCC(O)C1. The molecule has 0 aromatic heterocycles. The zero-order chi connectivity index (χ0) is 13.7. The van der Waals surface area contributed by atoms with Crippen LogP contribution in [0.15, 0.2) is 33.6 Å². The number of amides is 1. The highest BCUT2D eigenvalue weighted by molar-refractivity contribution is 9.10. The van der Waals surface area contributed by atoms with Gasteiger partial charge >= 0.3 is 0 Å². The third-order valence-electron chi connectivity index (χ3n) is 3.15. The number of likely N-dealkylation sites (tertiary alicyclic amines) is 1. The van der Waals surface area contributed by atoms with Gasteiger partial charge in [0.05, 0.1) is 6.10 Å². The van der Waals surface area contributed by atoms with Gasteiger partial charge in [-0.15, -0.1) is 11.8 Å². The molecule has 0 bridgehead atoms. The summed E-state index contributed by atoms with van der Waals surface area (Å²) in [5.74, 6) is 0.941. The number of halogens is 1. The second-order valence-corrected chi connectivity index (χ2v) is 6.77. The first-order valence-corrected chi connectivity index (χ1v) is 8.27. The molecule has 0 spiro atoms. The van der Waals surface area contributed by atoms with E-state index in [-0.39, 0.29) is 12.0 Å². The highest BCUT2D eigenvalue weighted by Gasteiger charge is 2.21. The molecule has 0 saturated carbocycles. The highest BCUT2D eigenvalue weighted by Crippen LogP contribution is 2.21. The molecule has 1 aliphatic rings. The number of aliphatic hydroxyl groups is 1. The van der Waals surface area contributed by atoms with Crippen LogP contribution < -0.4 is 0 Å². The summed E-state index contributed by atoms with van der Waals surface area (Å²) in [6.45, 7) is 1.29. The van der Waals surface area contributed by atoms with E-state index in [0.717, 1.165) is 29.6 Å². The van der Waals surface area contributed by atoms with Crippen molar-refractivity contribution in [3.05, 3.63) is 28.7 Å². The van der Waals surface area contributed by atoms with Crippen molar-refractivity contribution in [2.45, 2.75) is 30.3 Å². The molecule has 19 heavy (non-hydrogen) atoms. The third kappa shape index (κ3) is 4.82. The predicted octanol–water partition coefficient (Wildman–Crippen LogP) is 2.91. The molecular weight excluding hydrogens is 326 g/mol. The third-order valence-corrected chi connectivity index (χ3v) is 4.69. The number of piperidine rings is 1. The Morgan fingerprint density at radius 3 is 2.84 bits per heavy atom. The summed E-state index contributed by atoms with van der Waals surface area (Å²) in [4.78, 5) is 14.9. The summed E-state index contributed by atoms with van der Waals surface area (Å²) < 4.78 is 1.07. The van der Waals surface area contributed by atoms with Crippen LogP contribution in [0.5, 0.6) is 0 Å². The van der Waals surface area contributed by atoms with Crippen LogP contribution in [-0.4, -0.2) is 40.9 Å². The predicted molar refractivity (Wildman–Crippen MR) is 81.3 cm³/mol. The van der Waals surface area contributed by atoms with E-state index >= 15 is 0 Å². The van der Waals surface area contributed by atoms with Gasteiger partial charge in [0.1, 0.15) is 0 Å². The van der Waals surface area contributed by atoms with E-state index in [4.69, 9.17) is 0 Å². The molecule has 1 atom stereocenters. The van der Waals surface area contributed by atoms with Crippen LogP contribution in [-0.2, 0) is 4.79 Å². The molecule has 3 nitrogen and oxygen atoms in total. The molecule has 2 rings (SSSR count). The summed E-state index contributed by atoms with van der Waals surface area (Å²) in [6.07, 6.45) is 1.93. The zero-order valence-electron chi connectivity index (χ0n) is 10.7. The van der Waals surface area contributed by atoms with Crippen LogP contribution in [0.1, 0.15) is 19.3 Å². The van der Waals surface area contributed by atoms with Crippen molar-refractivity contribution < 1.29 is 9.90 Å². The van der Waals surface area contributed by atoms with Gasteiger partial charge in [0.2, 0.25) is 5.91 Å². The number of hydrogen-bond acceptors (Lipinski definition) is 3. The van der Waals surface area contributed by atoms with Gasteiger partial charge in [-0.2, -0.15) is 0 Å². The van der Waals surface area contributed by atoms with Crippen molar-refractivity contribution in [1.29, 1.82) is 0 Å². The van der Waals surface area contributed by atoms with E-state index < -0.39 is 0 Å². The largest absolute Gasteiger partial charge is 0.391 e. The maximum atomic E-state index is 12.0. The molecule has 1 aromatic carbocycles. The summed E-state index contributed by atoms with van der Waals surface area (Å²) in [7, 11) is 0. The molecule has 1 heterocycles. The first-order chi connectivity index (χ1) is 9.15. The number of nitrogens with zero attached hydrogens (tertiary/aromatic N) is 1. The van der Waals surface area contributed by atoms with Crippen molar-refractivity contribution in [3.63, 3.8) is 0 Å². The molecule has 1 fully saturated rings. The van der Waals surface area contributed by atoms with Gasteiger partial charge in [0.15, 0.2) is 0 Å². The van der Waals surface area contributed by atoms with Crippen molar-refractivity contribution >= 4 is 33.6 Å². The van der Waals surface area contributed by atoms with Gasteiger partial charge in [-0.25, -0.2) is 0 Å². The first kappa shape index (κ1) is 14.9. The van der Waals surface area contributed by atoms with Crippen LogP contribution in [0, 0.1) is 0 Å². The van der Waals surface area contributed by atoms with Crippen molar-refractivity contribution in [3.8, 4) is 0 Å². The monoisotopic (exact) mass is 343 g/mol. The fourth-order valence-electron chi connectivity index (χ4n) is 2.13. The molecule has 1 amide bonds. The summed E-state index contributed by atoms with van der Waals surface area (Å²) in [5.41, 5.74) is 0. The first-order valence-electron chi connectivity index (χ1n) is 6.49.